The minimum atomic E-state index is -0.479. The molecular formula is C16H24O7. The van der Waals surface area contributed by atoms with Gasteiger partial charge in [-0.15, -0.1) is 0 Å². The molecule has 0 bridgehead atoms. The molecular weight excluding hydrogens is 304 g/mol. The van der Waals surface area contributed by atoms with Crippen LogP contribution in [-0.2, 0) is 28.6 Å². The van der Waals surface area contributed by atoms with Crippen LogP contribution in [0.15, 0.2) is 38.0 Å². The van der Waals surface area contributed by atoms with E-state index in [1.807, 2.05) is 0 Å². The quantitative estimate of drug-likeness (QED) is 0.279. The number of aliphatic hydroxyl groups excluding tert-OH is 1. The first-order valence-corrected chi connectivity index (χ1v) is 6.93. The fourth-order valence-corrected chi connectivity index (χ4v) is 0.986. The second-order valence-corrected chi connectivity index (χ2v) is 4.06. The highest BCUT2D eigenvalue weighted by Gasteiger charge is 2.06. The summed E-state index contributed by atoms with van der Waals surface area (Å²) in [7, 11) is 0. The van der Waals surface area contributed by atoms with Crippen molar-refractivity contribution < 1.29 is 33.7 Å². The van der Waals surface area contributed by atoms with Crippen molar-refractivity contribution in [2.75, 3.05) is 19.8 Å². The highest BCUT2D eigenvalue weighted by molar-refractivity contribution is 5.81. The predicted molar refractivity (Wildman–Crippen MR) is 84.4 cm³/mol. The number of aliphatic hydroxyl groups is 1. The van der Waals surface area contributed by atoms with E-state index in [1.165, 1.54) is 0 Å². The summed E-state index contributed by atoms with van der Waals surface area (Å²) < 4.78 is 14.1. The summed E-state index contributed by atoms with van der Waals surface area (Å²) in [5.74, 6) is -1.40. The van der Waals surface area contributed by atoms with E-state index in [4.69, 9.17) is 14.6 Å². The second-order valence-electron chi connectivity index (χ2n) is 4.06. The molecule has 0 aromatic carbocycles. The number of carbonyl (C=O) groups is 3. The number of rotatable bonds is 10. The summed E-state index contributed by atoms with van der Waals surface area (Å²) in [5, 5.41) is 8.23. The highest BCUT2D eigenvalue weighted by Crippen LogP contribution is 1.99. The molecule has 23 heavy (non-hydrogen) atoms. The normalized spacial score (nSPS) is 10.2. The maximum Gasteiger partial charge on any atom is 0.330 e. The van der Waals surface area contributed by atoms with E-state index in [2.05, 4.69) is 24.5 Å². The van der Waals surface area contributed by atoms with Crippen LogP contribution < -0.4 is 0 Å². The van der Waals surface area contributed by atoms with Crippen molar-refractivity contribution in [2.45, 2.75) is 25.9 Å². The standard InChI is InChI=1S/C10H14O4.C6H10O3/c1-4-9(11)13-7-6-8(3)14-10(12)5-2;1-2-6(8)9-5-3-4-7/h4-5,8H,1-2,6-7H2,3H3;2,7H,1,3-5H2. The summed E-state index contributed by atoms with van der Waals surface area (Å²) in [6.45, 7) is 11.9. The van der Waals surface area contributed by atoms with E-state index in [0.29, 0.717) is 12.8 Å². The van der Waals surface area contributed by atoms with Gasteiger partial charge in [0.25, 0.3) is 0 Å². The van der Waals surface area contributed by atoms with Crippen LogP contribution in [0.3, 0.4) is 0 Å². The van der Waals surface area contributed by atoms with Gasteiger partial charge in [0.1, 0.15) is 6.10 Å². The zero-order chi connectivity index (χ0) is 18.1. The predicted octanol–water partition coefficient (Wildman–Crippen LogP) is 1.32. The van der Waals surface area contributed by atoms with E-state index in [0.717, 1.165) is 18.2 Å². The van der Waals surface area contributed by atoms with Crippen molar-refractivity contribution in [3.63, 3.8) is 0 Å². The summed E-state index contributed by atoms with van der Waals surface area (Å²) in [6, 6.07) is 0. The first kappa shape index (κ1) is 22.9. The zero-order valence-electron chi connectivity index (χ0n) is 13.4. The Morgan fingerprint density at radius 3 is 1.87 bits per heavy atom. The molecule has 0 rings (SSSR count). The Morgan fingerprint density at radius 2 is 1.43 bits per heavy atom. The molecule has 0 aliphatic heterocycles. The smallest absolute Gasteiger partial charge is 0.330 e. The molecule has 1 N–H and O–H groups in total. The van der Waals surface area contributed by atoms with Gasteiger partial charge >= 0.3 is 17.9 Å². The fraction of sp³-hybridized carbons (Fsp3) is 0.438. The molecule has 0 amide bonds. The molecule has 0 aliphatic carbocycles. The number of ether oxygens (including phenoxy) is 3. The SMILES string of the molecule is C=CC(=O)OCCC(C)OC(=O)C=C.C=CC(=O)OCCCO. The maximum atomic E-state index is 10.7. The van der Waals surface area contributed by atoms with Gasteiger partial charge in [0.2, 0.25) is 0 Å². The summed E-state index contributed by atoms with van der Waals surface area (Å²) >= 11 is 0. The van der Waals surface area contributed by atoms with E-state index in [1.54, 1.807) is 6.92 Å². The first-order valence-electron chi connectivity index (χ1n) is 6.93. The molecule has 0 saturated carbocycles. The van der Waals surface area contributed by atoms with Crippen LogP contribution in [0.1, 0.15) is 19.8 Å². The van der Waals surface area contributed by atoms with Crippen molar-refractivity contribution >= 4 is 17.9 Å². The van der Waals surface area contributed by atoms with Gasteiger partial charge in [0, 0.05) is 37.7 Å². The average molecular weight is 328 g/mol. The molecule has 0 aromatic rings. The Hall–Kier alpha value is -2.41. The van der Waals surface area contributed by atoms with Gasteiger partial charge in [-0.2, -0.15) is 0 Å². The Morgan fingerprint density at radius 1 is 0.957 bits per heavy atom. The third kappa shape index (κ3) is 17.5. The Labute approximate surface area is 136 Å². The van der Waals surface area contributed by atoms with Crippen LogP contribution >= 0.6 is 0 Å². The number of carbonyl (C=O) groups excluding carboxylic acids is 3. The zero-order valence-corrected chi connectivity index (χ0v) is 13.4. The summed E-state index contributed by atoms with van der Waals surface area (Å²) in [5.41, 5.74) is 0. The summed E-state index contributed by atoms with van der Waals surface area (Å²) in [4.78, 5) is 31.6. The third-order valence-electron chi connectivity index (χ3n) is 2.13. The van der Waals surface area contributed by atoms with Crippen LogP contribution in [-0.4, -0.2) is 48.9 Å². The first-order chi connectivity index (χ1) is 10.9. The molecule has 0 heterocycles. The lowest BCUT2D eigenvalue weighted by Gasteiger charge is -2.11. The van der Waals surface area contributed by atoms with E-state index < -0.39 is 17.9 Å². The number of hydrogen-bond donors (Lipinski definition) is 1. The van der Waals surface area contributed by atoms with Crippen LogP contribution in [0, 0.1) is 0 Å². The number of hydrogen-bond acceptors (Lipinski definition) is 7. The molecule has 0 aromatic heterocycles. The van der Waals surface area contributed by atoms with Gasteiger partial charge in [0.05, 0.1) is 13.2 Å². The monoisotopic (exact) mass is 328 g/mol. The van der Waals surface area contributed by atoms with E-state index in [9.17, 15) is 14.4 Å². The fourth-order valence-electron chi connectivity index (χ4n) is 0.986. The van der Waals surface area contributed by atoms with E-state index in [-0.39, 0.29) is 25.9 Å². The summed E-state index contributed by atoms with van der Waals surface area (Å²) in [6.07, 6.45) is 3.92. The van der Waals surface area contributed by atoms with Crippen molar-refractivity contribution in [1.82, 2.24) is 0 Å². The van der Waals surface area contributed by atoms with Crippen LogP contribution in [0.2, 0.25) is 0 Å². The topological polar surface area (TPSA) is 99.1 Å². The maximum absolute atomic E-state index is 10.7. The molecule has 7 nitrogen and oxygen atoms in total. The third-order valence-corrected chi connectivity index (χ3v) is 2.13. The van der Waals surface area contributed by atoms with E-state index >= 15 is 0 Å². The Balaban J connectivity index is 0. The second kappa shape index (κ2) is 16.0. The molecule has 0 radical (unpaired) electrons. The average Bonchev–Trinajstić information content (AvgIpc) is 2.55. The van der Waals surface area contributed by atoms with Gasteiger partial charge in [-0.1, -0.05) is 19.7 Å². The molecule has 130 valence electrons. The van der Waals surface area contributed by atoms with Crippen molar-refractivity contribution in [3.05, 3.63) is 38.0 Å². The molecule has 0 fully saturated rings. The largest absolute Gasteiger partial charge is 0.462 e. The van der Waals surface area contributed by atoms with Crippen LogP contribution in [0.4, 0.5) is 0 Å². The minimum absolute atomic E-state index is 0.0461. The molecule has 0 spiro atoms. The molecule has 0 aliphatic rings. The minimum Gasteiger partial charge on any atom is -0.462 e. The lowest BCUT2D eigenvalue weighted by molar-refractivity contribution is -0.144. The number of esters is 3. The molecule has 1 atom stereocenters. The van der Waals surface area contributed by atoms with Crippen molar-refractivity contribution in [3.8, 4) is 0 Å². The van der Waals surface area contributed by atoms with Crippen LogP contribution in [0.5, 0.6) is 0 Å². The van der Waals surface area contributed by atoms with Crippen LogP contribution in [0.25, 0.3) is 0 Å². The lowest BCUT2D eigenvalue weighted by Crippen LogP contribution is -2.16. The molecule has 7 heteroatoms. The van der Waals surface area contributed by atoms with Gasteiger partial charge in [-0.3, -0.25) is 0 Å². The van der Waals surface area contributed by atoms with Crippen molar-refractivity contribution in [1.29, 1.82) is 0 Å². The Bertz CT molecular complexity index is 401. The Kier molecular flexibility index (Phi) is 15.9. The van der Waals surface area contributed by atoms with Gasteiger partial charge in [-0.25, -0.2) is 14.4 Å². The molecule has 1 unspecified atom stereocenters. The lowest BCUT2D eigenvalue weighted by atomic mass is 10.3. The van der Waals surface area contributed by atoms with Gasteiger partial charge < -0.3 is 19.3 Å². The highest BCUT2D eigenvalue weighted by atomic mass is 16.6. The van der Waals surface area contributed by atoms with Crippen molar-refractivity contribution in [2.24, 2.45) is 0 Å². The molecule has 0 saturated heterocycles. The van der Waals surface area contributed by atoms with Gasteiger partial charge in [0.15, 0.2) is 0 Å². The van der Waals surface area contributed by atoms with Gasteiger partial charge in [-0.05, 0) is 6.92 Å².